The maximum absolute atomic E-state index is 12.4. The fourth-order valence-corrected chi connectivity index (χ4v) is 6.49. The zero-order chi connectivity index (χ0) is 22.5. The molecule has 0 radical (unpaired) electrons. The van der Waals surface area contributed by atoms with E-state index in [1.54, 1.807) is 6.07 Å². The van der Waals surface area contributed by atoms with Gasteiger partial charge in [0.15, 0.2) is 21.3 Å². The molecule has 0 unspecified atom stereocenters. The molecule has 1 aliphatic rings. The maximum atomic E-state index is 12.4. The fraction of sp³-hybridized carbons (Fsp3) is 0.545. The minimum atomic E-state index is -3.45. The molecule has 0 saturated heterocycles. The Morgan fingerprint density at radius 3 is 2.63 bits per heavy atom. The SMILES string of the molecule is CCCC1=C([C@H](O)CC/C(=C/c2cc(I)c(O)c(OC)c2)CC)[C@H](CO)S(=O)(=O)C1. The number of ether oxygens (including phenoxy) is 1. The molecule has 8 heteroatoms. The Labute approximate surface area is 192 Å². The Bertz CT molecular complexity index is 920. The summed E-state index contributed by atoms with van der Waals surface area (Å²) in [7, 11) is -1.94. The number of sulfone groups is 1. The van der Waals surface area contributed by atoms with Gasteiger partial charge in [0.2, 0.25) is 0 Å². The van der Waals surface area contributed by atoms with E-state index in [4.69, 9.17) is 4.74 Å². The number of methoxy groups -OCH3 is 1. The quantitative estimate of drug-likeness (QED) is 0.302. The molecular formula is C22H31IO6S. The van der Waals surface area contributed by atoms with Crippen molar-refractivity contribution >= 4 is 38.5 Å². The smallest absolute Gasteiger partial charge is 0.171 e. The van der Waals surface area contributed by atoms with Crippen molar-refractivity contribution in [3.8, 4) is 11.5 Å². The van der Waals surface area contributed by atoms with E-state index >= 15 is 0 Å². The number of rotatable bonds is 10. The minimum Gasteiger partial charge on any atom is -0.504 e. The first-order chi connectivity index (χ1) is 14.2. The summed E-state index contributed by atoms with van der Waals surface area (Å²) in [6.45, 7) is 3.50. The van der Waals surface area contributed by atoms with Crippen molar-refractivity contribution in [2.24, 2.45) is 0 Å². The molecule has 0 bridgehead atoms. The first-order valence-corrected chi connectivity index (χ1v) is 13.0. The number of aromatic hydroxyl groups is 1. The van der Waals surface area contributed by atoms with Crippen LogP contribution >= 0.6 is 22.6 Å². The third kappa shape index (κ3) is 5.77. The number of allylic oxidation sites excluding steroid dienone is 1. The lowest BCUT2D eigenvalue weighted by molar-refractivity contribution is 0.188. The molecule has 1 aromatic carbocycles. The number of aliphatic hydroxyl groups excluding tert-OH is 2. The largest absolute Gasteiger partial charge is 0.504 e. The normalized spacial score (nSPS) is 19.9. The van der Waals surface area contributed by atoms with Gasteiger partial charge in [0.25, 0.3) is 0 Å². The van der Waals surface area contributed by atoms with E-state index in [1.165, 1.54) is 7.11 Å². The van der Waals surface area contributed by atoms with Crippen LogP contribution in [0.3, 0.4) is 0 Å². The van der Waals surface area contributed by atoms with Crippen molar-refractivity contribution in [1.82, 2.24) is 0 Å². The summed E-state index contributed by atoms with van der Waals surface area (Å²) in [5.74, 6) is 0.442. The van der Waals surface area contributed by atoms with Crippen molar-refractivity contribution in [3.05, 3.63) is 38.0 Å². The van der Waals surface area contributed by atoms with Crippen LogP contribution in [0.5, 0.6) is 11.5 Å². The van der Waals surface area contributed by atoms with Gasteiger partial charge in [0.05, 0.1) is 29.1 Å². The van der Waals surface area contributed by atoms with Crippen molar-refractivity contribution in [3.63, 3.8) is 0 Å². The molecule has 0 aromatic heterocycles. The standard InChI is InChI=1S/C22H31IO6S/c1-4-6-16-13-30(27,28)20(12-24)21(16)18(25)8-7-14(5-2)9-15-10-17(23)22(26)19(11-15)29-3/h9-11,18,20,24-26H,4-8,12-13H2,1-3H3/b14-9+/t18-,20+/m1/s1. The summed E-state index contributed by atoms with van der Waals surface area (Å²) >= 11 is 2.05. The summed E-state index contributed by atoms with van der Waals surface area (Å²) in [4.78, 5) is 0. The van der Waals surface area contributed by atoms with Crippen LogP contribution in [0.25, 0.3) is 6.08 Å². The summed E-state index contributed by atoms with van der Waals surface area (Å²) in [6, 6.07) is 3.62. The van der Waals surface area contributed by atoms with Crippen LogP contribution in [0.2, 0.25) is 0 Å². The van der Waals surface area contributed by atoms with E-state index < -0.39 is 27.8 Å². The lowest BCUT2D eigenvalue weighted by Crippen LogP contribution is -2.29. The molecule has 2 atom stereocenters. The molecule has 0 aliphatic carbocycles. The number of halogens is 1. The lowest BCUT2D eigenvalue weighted by Gasteiger charge is -2.19. The molecule has 30 heavy (non-hydrogen) atoms. The van der Waals surface area contributed by atoms with Gasteiger partial charge in [-0.2, -0.15) is 0 Å². The average Bonchev–Trinajstić information content (AvgIpc) is 2.96. The summed E-state index contributed by atoms with van der Waals surface area (Å²) in [5.41, 5.74) is 3.24. The number of phenolic OH excluding ortho intramolecular Hbond substituents is 1. The molecule has 0 amide bonds. The van der Waals surface area contributed by atoms with Crippen molar-refractivity contribution < 1.29 is 28.5 Å². The number of hydrogen-bond acceptors (Lipinski definition) is 6. The first-order valence-electron chi connectivity index (χ1n) is 10.2. The zero-order valence-corrected chi connectivity index (χ0v) is 20.7. The van der Waals surface area contributed by atoms with Gasteiger partial charge < -0.3 is 20.1 Å². The average molecular weight is 550 g/mol. The van der Waals surface area contributed by atoms with Crippen molar-refractivity contribution in [2.75, 3.05) is 19.5 Å². The van der Waals surface area contributed by atoms with Gasteiger partial charge in [-0.05, 0) is 71.5 Å². The third-order valence-corrected chi connectivity index (χ3v) is 8.32. The molecule has 6 nitrogen and oxygen atoms in total. The molecule has 0 saturated carbocycles. The topological polar surface area (TPSA) is 104 Å². The second-order valence-corrected chi connectivity index (χ2v) is 10.9. The Balaban J connectivity index is 2.22. The highest BCUT2D eigenvalue weighted by atomic mass is 127. The molecule has 3 N–H and O–H groups in total. The van der Waals surface area contributed by atoms with E-state index in [-0.39, 0.29) is 11.5 Å². The van der Waals surface area contributed by atoms with Crippen LogP contribution < -0.4 is 4.74 Å². The molecule has 168 valence electrons. The van der Waals surface area contributed by atoms with Crippen molar-refractivity contribution in [2.45, 2.75) is 57.3 Å². The Morgan fingerprint density at radius 1 is 1.37 bits per heavy atom. The predicted molar refractivity (Wildman–Crippen MR) is 127 cm³/mol. The van der Waals surface area contributed by atoms with Crippen LogP contribution in [0.4, 0.5) is 0 Å². The van der Waals surface area contributed by atoms with Gasteiger partial charge >= 0.3 is 0 Å². The van der Waals surface area contributed by atoms with E-state index in [0.29, 0.717) is 34.2 Å². The summed E-state index contributed by atoms with van der Waals surface area (Å²) in [5, 5.41) is 29.5. The maximum Gasteiger partial charge on any atom is 0.171 e. The van der Waals surface area contributed by atoms with Gasteiger partial charge in [0.1, 0.15) is 5.25 Å². The van der Waals surface area contributed by atoms with Gasteiger partial charge in [0, 0.05) is 0 Å². The molecule has 0 spiro atoms. The highest BCUT2D eigenvalue weighted by molar-refractivity contribution is 14.1. The van der Waals surface area contributed by atoms with E-state index in [9.17, 15) is 23.7 Å². The number of phenols is 1. The Kier molecular flexibility index (Phi) is 9.20. The van der Waals surface area contributed by atoms with Crippen LogP contribution in [0, 0.1) is 3.57 Å². The Morgan fingerprint density at radius 2 is 2.07 bits per heavy atom. The van der Waals surface area contributed by atoms with Crippen LogP contribution in [-0.4, -0.2) is 54.6 Å². The number of benzene rings is 1. The van der Waals surface area contributed by atoms with E-state index in [2.05, 4.69) is 0 Å². The molecule has 1 aliphatic heterocycles. The number of hydrogen-bond donors (Lipinski definition) is 3. The van der Waals surface area contributed by atoms with Crippen LogP contribution in [0.15, 0.2) is 28.9 Å². The van der Waals surface area contributed by atoms with Crippen LogP contribution in [-0.2, 0) is 9.84 Å². The van der Waals surface area contributed by atoms with Gasteiger partial charge in [-0.3, -0.25) is 0 Å². The molecule has 1 heterocycles. The summed E-state index contributed by atoms with van der Waals surface area (Å²) in [6.07, 6.45) is 4.28. The van der Waals surface area contributed by atoms with Gasteiger partial charge in [-0.15, -0.1) is 0 Å². The van der Waals surface area contributed by atoms with Crippen molar-refractivity contribution in [1.29, 1.82) is 0 Å². The van der Waals surface area contributed by atoms with Crippen LogP contribution in [0.1, 0.15) is 51.5 Å². The fourth-order valence-electron chi connectivity index (χ4n) is 3.93. The second-order valence-electron chi connectivity index (χ2n) is 7.55. The lowest BCUT2D eigenvalue weighted by atomic mass is 9.93. The Hall–Kier alpha value is -1.10. The highest BCUT2D eigenvalue weighted by Crippen LogP contribution is 2.35. The molecule has 0 fully saturated rings. The summed E-state index contributed by atoms with van der Waals surface area (Å²) < 4.78 is 30.7. The molecule has 1 aromatic rings. The number of aliphatic hydroxyl groups is 2. The van der Waals surface area contributed by atoms with Gasteiger partial charge in [-0.1, -0.05) is 37.5 Å². The monoisotopic (exact) mass is 550 g/mol. The van der Waals surface area contributed by atoms with E-state index in [1.807, 2.05) is 48.6 Å². The molecule has 2 rings (SSSR count). The zero-order valence-electron chi connectivity index (χ0n) is 17.7. The third-order valence-electron chi connectivity index (χ3n) is 5.48. The predicted octanol–water partition coefficient (Wildman–Crippen LogP) is 3.83. The second kappa shape index (κ2) is 11.0. The first kappa shape index (κ1) is 25.2. The molecular weight excluding hydrogens is 519 g/mol. The van der Waals surface area contributed by atoms with Gasteiger partial charge in [-0.25, -0.2) is 8.42 Å². The highest BCUT2D eigenvalue weighted by Gasteiger charge is 2.40. The van der Waals surface area contributed by atoms with E-state index in [0.717, 1.165) is 29.6 Å². The minimum absolute atomic E-state index is 0.0688.